The molecule has 2 rings (SSSR count). The van der Waals surface area contributed by atoms with Crippen LogP contribution in [-0.4, -0.2) is 73.2 Å². The number of carbonyl (C=O) groups excluding carboxylic acids is 1. The average molecular weight is 255 g/mol. The highest BCUT2D eigenvalue weighted by atomic mass is 16.5. The predicted octanol–water partition coefficient (Wildman–Crippen LogP) is -0.0825. The van der Waals surface area contributed by atoms with Gasteiger partial charge in [0.05, 0.1) is 6.61 Å². The number of hydrogen-bond donors (Lipinski definition) is 1. The van der Waals surface area contributed by atoms with Crippen LogP contribution in [0.1, 0.15) is 20.8 Å². The van der Waals surface area contributed by atoms with E-state index in [9.17, 15) is 4.79 Å². The molecule has 18 heavy (non-hydrogen) atoms. The fraction of sp³-hybridized carbons (Fsp3) is 0.923. The minimum Gasteiger partial charge on any atom is -0.366 e. The van der Waals surface area contributed by atoms with Gasteiger partial charge in [-0.2, -0.15) is 0 Å². The lowest BCUT2D eigenvalue weighted by Gasteiger charge is -2.43. The van der Waals surface area contributed by atoms with Gasteiger partial charge in [-0.15, -0.1) is 0 Å². The third-order valence-corrected chi connectivity index (χ3v) is 3.74. The van der Waals surface area contributed by atoms with Crippen molar-refractivity contribution in [2.24, 2.45) is 0 Å². The van der Waals surface area contributed by atoms with Gasteiger partial charge in [-0.1, -0.05) is 0 Å². The second kappa shape index (κ2) is 5.55. The van der Waals surface area contributed by atoms with Crippen molar-refractivity contribution in [1.29, 1.82) is 0 Å². The molecule has 1 amide bonds. The SMILES string of the molecule is CC(C)(C)N1CCN(C(=O)C2CNCCO2)CC1. The first-order valence-corrected chi connectivity index (χ1v) is 6.84. The first-order valence-electron chi connectivity index (χ1n) is 6.84. The highest BCUT2D eigenvalue weighted by Crippen LogP contribution is 2.16. The number of nitrogens with one attached hydrogen (secondary N) is 1. The van der Waals surface area contributed by atoms with Gasteiger partial charge in [0.15, 0.2) is 0 Å². The molecular formula is C13H25N3O2. The molecule has 0 aliphatic carbocycles. The summed E-state index contributed by atoms with van der Waals surface area (Å²) in [6.07, 6.45) is -0.278. The number of ether oxygens (including phenoxy) is 1. The summed E-state index contributed by atoms with van der Waals surface area (Å²) in [4.78, 5) is 16.6. The largest absolute Gasteiger partial charge is 0.366 e. The molecule has 2 heterocycles. The smallest absolute Gasteiger partial charge is 0.253 e. The van der Waals surface area contributed by atoms with Crippen molar-refractivity contribution >= 4 is 5.91 Å². The molecule has 0 radical (unpaired) electrons. The Morgan fingerprint density at radius 3 is 2.39 bits per heavy atom. The van der Waals surface area contributed by atoms with E-state index in [4.69, 9.17) is 4.74 Å². The maximum Gasteiger partial charge on any atom is 0.253 e. The van der Waals surface area contributed by atoms with Crippen molar-refractivity contribution in [3.63, 3.8) is 0 Å². The van der Waals surface area contributed by atoms with Gasteiger partial charge in [0.2, 0.25) is 0 Å². The standard InChI is InChI=1S/C13H25N3O2/c1-13(2,3)16-7-5-15(6-8-16)12(17)11-10-14-4-9-18-11/h11,14H,4-10H2,1-3H3. The van der Waals surface area contributed by atoms with Crippen LogP contribution in [0.15, 0.2) is 0 Å². The molecular weight excluding hydrogens is 230 g/mol. The number of rotatable bonds is 1. The summed E-state index contributed by atoms with van der Waals surface area (Å²) in [5.74, 6) is 0.149. The van der Waals surface area contributed by atoms with Crippen LogP contribution in [0.3, 0.4) is 0 Å². The van der Waals surface area contributed by atoms with Crippen molar-refractivity contribution < 1.29 is 9.53 Å². The van der Waals surface area contributed by atoms with E-state index in [2.05, 4.69) is 31.0 Å². The number of morpholine rings is 1. The van der Waals surface area contributed by atoms with Crippen LogP contribution < -0.4 is 5.32 Å². The van der Waals surface area contributed by atoms with E-state index >= 15 is 0 Å². The van der Waals surface area contributed by atoms with Gasteiger partial charge in [0.25, 0.3) is 5.91 Å². The van der Waals surface area contributed by atoms with Crippen LogP contribution in [0.5, 0.6) is 0 Å². The molecule has 0 spiro atoms. The fourth-order valence-electron chi connectivity index (χ4n) is 2.53. The lowest BCUT2D eigenvalue weighted by Crippen LogP contribution is -2.58. The molecule has 0 aromatic rings. The molecule has 0 bridgehead atoms. The van der Waals surface area contributed by atoms with Gasteiger partial charge in [0, 0.05) is 44.8 Å². The zero-order valence-corrected chi connectivity index (χ0v) is 11.7. The maximum absolute atomic E-state index is 12.3. The van der Waals surface area contributed by atoms with Crippen molar-refractivity contribution in [3.05, 3.63) is 0 Å². The van der Waals surface area contributed by atoms with E-state index in [1.807, 2.05) is 4.90 Å². The van der Waals surface area contributed by atoms with Crippen LogP contribution >= 0.6 is 0 Å². The molecule has 5 heteroatoms. The van der Waals surface area contributed by atoms with Crippen LogP contribution in [0.25, 0.3) is 0 Å². The number of hydrogen-bond acceptors (Lipinski definition) is 4. The summed E-state index contributed by atoms with van der Waals surface area (Å²) in [5.41, 5.74) is 0.192. The highest BCUT2D eigenvalue weighted by molar-refractivity contribution is 5.81. The topological polar surface area (TPSA) is 44.8 Å². The van der Waals surface area contributed by atoms with Gasteiger partial charge in [-0.3, -0.25) is 9.69 Å². The Labute approximate surface area is 109 Å². The Morgan fingerprint density at radius 1 is 1.22 bits per heavy atom. The molecule has 0 aromatic heterocycles. The molecule has 1 unspecified atom stereocenters. The van der Waals surface area contributed by atoms with Crippen molar-refractivity contribution in [1.82, 2.24) is 15.1 Å². The van der Waals surface area contributed by atoms with E-state index < -0.39 is 0 Å². The quantitative estimate of drug-likeness (QED) is 0.712. The van der Waals surface area contributed by atoms with Gasteiger partial charge in [-0.05, 0) is 20.8 Å². The molecule has 1 N–H and O–H groups in total. The first-order chi connectivity index (χ1) is 8.48. The Bertz CT molecular complexity index is 287. The number of amides is 1. The molecule has 0 aromatic carbocycles. The van der Waals surface area contributed by atoms with Crippen LogP contribution in [-0.2, 0) is 9.53 Å². The monoisotopic (exact) mass is 255 g/mol. The Morgan fingerprint density at radius 2 is 1.89 bits per heavy atom. The molecule has 2 aliphatic rings. The van der Waals surface area contributed by atoms with Crippen molar-refractivity contribution in [2.75, 3.05) is 45.9 Å². The molecule has 5 nitrogen and oxygen atoms in total. The van der Waals surface area contributed by atoms with Crippen LogP contribution in [0.2, 0.25) is 0 Å². The van der Waals surface area contributed by atoms with Gasteiger partial charge in [0.1, 0.15) is 6.10 Å². The molecule has 0 saturated carbocycles. The molecule has 104 valence electrons. The zero-order chi connectivity index (χ0) is 13.2. The van der Waals surface area contributed by atoms with Crippen molar-refractivity contribution in [2.45, 2.75) is 32.4 Å². The Kier molecular flexibility index (Phi) is 4.25. The molecule has 2 aliphatic heterocycles. The number of piperazine rings is 1. The van der Waals surface area contributed by atoms with Gasteiger partial charge < -0.3 is 15.0 Å². The van der Waals surface area contributed by atoms with E-state index in [1.165, 1.54) is 0 Å². The third-order valence-electron chi connectivity index (χ3n) is 3.74. The summed E-state index contributed by atoms with van der Waals surface area (Å²) in [6, 6.07) is 0. The van der Waals surface area contributed by atoms with E-state index in [0.29, 0.717) is 13.2 Å². The van der Waals surface area contributed by atoms with E-state index in [1.54, 1.807) is 0 Å². The molecule has 2 fully saturated rings. The Balaban J connectivity index is 1.83. The van der Waals surface area contributed by atoms with Crippen LogP contribution in [0.4, 0.5) is 0 Å². The third kappa shape index (κ3) is 3.22. The van der Waals surface area contributed by atoms with E-state index in [0.717, 1.165) is 32.7 Å². The summed E-state index contributed by atoms with van der Waals surface area (Å²) in [6.45, 7) is 12.3. The van der Waals surface area contributed by atoms with Gasteiger partial charge >= 0.3 is 0 Å². The van der Waals surface area contributed by atoms with Crippen LogP contribution in [0, 0.1) is 0 Å². The highest BCUT2D eigenvalue weighted by Gasteiger charge is 2.31. The Hall–Kier alpha value is -0.650. The average Bonchev–Trinajstić information content (AvgIpc) is 2.38. The zero-order valence-electron chi connectivity index (χ0n) is 11.7. The summed E-state index contributed by atoms with van der Waals surface area (Å²) < 4.78 is 5.52. The number of nitrogens with zero attached hydrogens (tertiary/aromatic N) is 2. The number of carbonyl (C=O) groups is 1. The van der Waals surface area contributed by atoms with Gasteiger partial charge in [-0.25, -0.2) is 0 Å². The molecule has 2 saturated heterocycles. The summed E-state index contributed by atoms with van der Waals surface area (Å²) >= 11 is 0. The summed E-state index contributed by atoms with van der Waals surface area (Å²) in [7, 11) is 0. The molecule has 1 atom stereocenters. The lowest BCUT2D eigenvalue weighted by atomic mass is 10.0. The van der Waals surface area contributed by atoms with E-state index in [-0.39, 0.29) is 17.6 Å². The second-order valence-electron chi connectivity index (χ2n) is 6.05. The fourth-order valence-corrected chi connectivity index (χ4v) is 2.53. The maximum atomic E-state index is 12.3. The normalized spacial score (nSPS) is 27.3. The van der Waals surface area contributed by atoms with Crippen molar-refractivity contribution in [3.8, 4) is 0 Å². The lowest BCUT2D eigenvalue weighted by molar-refractivity contribution is -0.147. The minimum atomic E-state index is -0.278. The first kappa shape index (κ1) is 13.8. The predicted molar refractivity (Wildman–Crippen MR) is 70.5 cm³/mol. The minimum absolute atomic E-state index is 0.149. The summed E-state index contributed by atoms with van der Waals surface area (Å²) in [5, 5.41) is 3.20. The second-order valence-corrected chi connectivity index (χ2v) is 6.05.